The van der Waals surface area contributed by atoms with Crippen LogP contribution in [0.5, 0.6) is 0 Å². The largest absolute Gasteiger partial charge is 0.379 e. The van der Waals surface area contributed by atoms with E-state index in [4.69, 9.17) is 9.72 Å². The van der Waals surface area contributed by atoms with Gasteiger partial charge in [-0.1, -0.05) is 13.0 Å². The second kappa shape index (κ2) is 9.47. The van der Waals surface area contributed by atoms with Crippen LogP contribution in [0.4, 0.5) is 0 Å². The average Bonchev–Trinajstić information content (AvgIpc) is 3.12. The monoisotopic (exact) mass is 446 g/mol. The lowest BCUT2D eigenvalue weighted by atomic mass is 10.3. The number of thioether (sulfide) groups is 1. The van der Waals surface area contributed by atoms with Gasteiger partial charge in [0.05, 0.1) is 40.6 Å². The van der Waals surface area contributed by atoms with Gasteiger partial charge in [-0.25, -0.2) is 13.4 Å². The number of pyridine rings is 1. The van der Waals surface area contributed by atoms with Crippen LogP contribution in [0, 0.1) is 0 Å². The molecular formula is C21H26N4O3S2. The molecule has 3 aromatic rings. The minimum absolute atomic E-state index is 0.297. The van der Waals surface area contributed by atoms with Gasteiger partial charge in [0.25, 0.3) is 0 Å². The molecule has 0 radical (unpaired) electrons. The molecule has 0 unspecified atom stereocenters. The number of rotatable bonds is 8. The van der Waals surface area contributed by atoms with Crippen molar-refractivity contribution in [2.75, 3.05) is 26.3 Å². The number of ether oxygens (including phenoxy) is 1. The van der Waals surface area contributed by atoms with Crippen LogP contribution in [0.1, 0.15) is 24.9 Å². The second-order valence-electron chi connectivity index (χ2n) is 7.16. The third kappa shape index (κ3) is 4.54. The Morgan fingerprint density at radius 3 is 2.70 bits per heavy atom. The number of aromatic nitrogens is 3. The van der Waals surface area contributed by atoms with Crippen LogP contribution in [0.2, 0.25) is 0 Å². The lowest BCUT2D eigenvalue weighted by Gasteiger charge is -2.26. The highest BCUT2D eigenvalue weighted by Crippen LogP contribution is 2.26. The van der Waals surface area contributed by atoms with Crippen LogP contribution in [-0.4, -0.2) is 53.6 Å². The van der Waals surface area contributed by atoms with E-state index < -0.39 is 10.0 Å². The first kappa shape index (κ1) is 21.3. The number of fused-ring (bicyclic) bond motifs is 1. The van der Waals surface area contributed by atoms with Gasteiger partial charge in [0.1, 0.15) is 5.82 Å². The minimum Gasteiger partial charge on any atom is -0.379 e. The summed E-state index contributed by atoms with van der Waals surface area (Å²) in [4.78, 5) is 9.46. The van der Waals surface area contributed by atoms with Gasteiger partial charge in [0.15, 0.2) is 0 Å². The van der Waals surface area contributed by atoms with Crippen LogP contribution in [0.15, 0.2) is 47.5 Å². The van der Waals surface area contributed by atoms with Gasteiger partial charge in [0.2, 0.25) is 10.0 Å². The van der Waals surface area contributed by atoms with Crippen molar-refractivity contribution in [3.05, 3.63) is 54.1 Å². The van der Waals surface area contributed by atoms with Gasteiger partial charge in [-0.15, -0.1) is 11.8 Å². The summed E-state index contributed by atoms with van der Waals surface area (Å²) >= 11 is 1.76. The molecule has 1 aliphatic heterocycles. The Morgan fingerprint density at radius 1 is 1.13 bits per heavy atom. The number of hydrogen-bond acceptors (Lipinski definition) is 6. The van der Waals surface area contributed by atoms with Gasteiger partial charge in [-0.2, -0.15) is 4.31 Å². The summed E-state index contributed by atoms with van der Waals surface area (Å²) in [5.41, 5.74) is 2.75. The highest BCUT2D eigenvalue weighted by molar-refractivity contribution is 7.97. The summed E-state index contributed by atoms with van der Waals surface area (Å²) in [6, 6.07) is 11.2. The zero-order valence-electron chi connectivity index (χ0n) is 17.0. The summed E-state index contributed by atoms with van der Waals surface area (Å²) in [5, 5.41) is 0. The second-order valence-corrected chi connectivity index (χ2v) is 10.1. The van der Waals surface area contributed by atoms with Crippen molar-refractivity contribution in [2.45, 2.75) is 36.3 Å². The van der Waals surface area contributed by atoms with Gasteiger partial charge in [-0.3, -0.25) is 4.98 Å². The highest BCUT2D eigenvalue weighted by Gasteiger charge is 2.27. The van der Waals surface area contributed by atoms with E-state index >= 15 is 0 Å². The molecule has 3 heterocycles. The number of aryl methyl sites for hydroxylation is 1. The van der Waals surface area contributed by atoms with Gasteiger partial charge in [-0.05, 0) is 36.8 Å². The fourth-order valence-electron chi connectivity index (χ4n) is 3.57. The number of benzene rings is 1. The predicted octanol–water partition coefficient (Wildman–Crippen LogP) is 3.30. The molecule has 0 spiro atoms. The molecule has 7 nitrogen and oxygen atoms in total. The lowest BCUT2D eigenvalue weighted by Crippen LogP contribution is -2.40. The Morgan fingerprint density at radius 2 is 1.97 bits per heavy atom. The van der Waals surface area contributed by atoms with Crippen molar-refractivity contribution in [3.63, 3.8) is 0 Å². The minimum atomic E-state index is -3.53. The van der Waals surface area contributed by atoms with E-state index in [9.17, 15) is 8.42 Å². The number of morpholine rings is 1. The summed E-state index contributed by atoms with van der Waals surface area (Å²) in [6.45, 7) is 4.63. The van der Waals surface area contributed by atoms with Gasteiger partial charge < -0.3 is 9.30 Å². The van der Waals surface area contributed by atoms with Crippen LogP contribution in [0.25, 0.3) is 11.0 Å². The van der Waals surface area contributed by atoms with Crippen molar-refractivity contribution < 1.29 is 13.2 Å². The fourth-order valence-corrected chi connectivity index (χ4v) is 5.88. The molecule has 1 saturated heterocycles. The zero-order chi connectivity index (χ0) is 21.0. The summed E-state index contributed by atoms with van der Waals surface area (Å²) in [7, 11) is -3.53. The maximum Gasteiger partial charge on any atom is 0.243 e. The van der Waals surface area contributed by atoms with E-state index in [1.165, 1.54) is 4.31 Å². The van der Waals surface area contributed by atoms with E-state index in [1.807, 2.05) is 24.3 Å². The Labute approximate surface area is 181 Å². The van der Waals surface area contributed by atoms with E-state index in [-0.39, 0.29) is 0 Å². The number of hydrogen-bond donors (Lipinski definition) is 0. The molecule has 0 amide bonds. The standard InChI is InChI=1S/C21H26N4O3S2/c1-2-9-25-20-7-6-18(30(26,27)24-10-12-28-13-11-24)14-19(20)23-21(25)16-29-15-17-5-3-4-8-22-17/h3-8,14H,2,9-13,15-16H2,1H3. The Hall–Kier alpha value is -1.94. The lowest BCUT2D eigenvalue weighted by molar-refractivity contribution is 0.0730. The maximum absolute atomic E-state index is 13.0. The molecule has 0 bridgehead atoms. The first-order chi connectivity index (χ1) is 14.6. The first-order valence-electron chi connectivity index (χ1n) is 10.1. The third-order valence-electron chi connectivity index (χ3n) is 5.06. The van der Waals surface area contributed by atoms with Crippen LogP contribution < -0.4 is 0 Å². The molecule has 0 atom stereocenters. The molecule has 1 aromatic carbocycles. The molecule has 30 heavy (non-hydrogen) atoms. The van der Waals surface area contributed by atoms with E-state index in [2.05, 4.69) is 16.5 Å². The predicted molar refractivity (Wildman–Crippen MR) is 119 cm³/mol. The van der Waals surface area contributed by atoms with Crippen LogP contribution in [0.3, 0.4) is 0 Å². The zero-order valence-corrected chi connectivity index (χ0v) is 18.7. The van der Waals surface area contributed by atoms with Crippen LogP contribution in [-0.2, 0) is 32.8 Å². The highest BCUT2D eigenvalue weighted by atomic mass is 32.2. The maximum atomic E-state index is 13.0. The summed E-state index contributed by atoms with van der Waals surface area (Å²) in [6.07, 6.45) is 2.79. The number of sulfonamides is 1. The SMILES string of the molecule is CCCn1c(CSCc2ccccn2)nc2cc(S(=O)(=O)N3CCOCC3)ccc21. The van der Waals surface area contributed by atoms with Crippen molar-refractivity contribution >= 4 is 32.8 Å². The quantitative estimate of drug-likeness (QED) is 0.528. The molecular weight excluding hydrogens is 420 g/mol. The Bertz CT molecular complexity index is 1090. The molecule has 0 saturated carbocycles. The van der Waals surface area contributed by atoms with Crippen molar-refractivity contribution in [2.24, 2.45) is 0 Å². The smallest absolute Gasteiger partial charge is 0.243 e. The molecule has 9 heteroatoms. The normalized spacial score (nSPS) is 15.6. The van der Waals surface area contributed by atoms with E-state index in [0.29, 0.717) is 31.2 Å². The summed E-state index contributed by atoms with van der Waals surface area (Å²) < 4.78 is 35.0. The molecule has 1 fully saturated rings. The van der Waals surface area contributed by atoms with Crippen molar-refractivity contribution in [1.29, 1.82) is 0 Å². The third-order valence-corrected chi connectivity index (χ3v) is 7.92. The average molecular weight is 447 g/mol. The molecule has 0 aliphatic carbocycles. The number of nitrogens with zero attached hydrogens (tertiary/aromatic N) is 4. The first-order valence-corrected chi connectivity index (χ1v) is 12.7. The molecule has 4 rings (SSSR count). The van der Waals surface area contributed by atoms with Crippen LogP contribution >= 0.6 is 11.8 Å². The molecule has 160 valence electrons. The van der Waals surface area contributed by atoms with E-state index in [1.54, 1.807) is 30.1 Å². The van der Waals surface area contributed by atoms with E-state index in [0.717, 1.165) is 47.0 Å². The summed E-state index contributed by atoms with van der Waals surface area (Å²) in [5.74, 6) is 2.53. The van der Waals surface area contributed by atoms with Gasteiger partial charge >= 0.3 is 0 Å². The topological polar surface area (TPSA) is 77.3 Å². The fraction of sp³-hybridized carbons (Fsp3) is 0.429. The Balaban J connectivity index is 1.59. The van der Waals surface area contributed by atoms with Crippen molar-refractivity contribution in [1.82, 2.24) is 18.8 Å². The number of imidazole rings is 1. The molecule has 1 aliphatic rings. The Kier molecular flexibility index (Phi) is 6.72. The molecule has 0 N–H and O–H groups in total. The van der Waals surface area contributed by atoms with Gasteiger partial charge in [0, 0.05) is 31.6 Å². The molecule has 2 aromatic heterocycles. The van der Waals surface area contributed by atoms with Crippen molar-refractivity contribution in [3.8, 4) is 0 Å².